The summed E-state index contributed by atoms with van der Waals surface area (Å²) in [6.07, 6.45) is 7.14. The summed E-state index contributed by atoms with van der Waals surface area (Å²) in [5.74, 6) is 1.32. The molecule has 1 aromatic heterocycles. The number of carbonyl (C=O) groups excluding carboxylic acids is 3. The number of hydrogen-bond acceptors (Lipinski definition) is 4. The summed E-state index contributed by atoms with van der Waals surface area (Å²) in [4.78, 5) is 39.5. The molecule has 4 aliphatic rings. The van der Waals surface area contributed by atoms with Gasteiger partial charge in [0, 0.05) is 16.8 Å². The van der Waals surface area contributed by atoms with Gasteiger partial charge < -0.3 is 15.0 Å². The summed E-state index contributed by atoms with van der Waals surface area (Å²) in [5.41, 5.74) is 1.90. The van der Waals surface area contributed by atoms with Gasteiger partial charge in [0.2, 0.25) is 0 Å². The Labute approximate surface area is 159 Å². The van der Waals surface area contributed by atoms with Crippen LogP contribution < -0.4 is 5.32 Å². The van der Waals surface area contributed by atoms with Crippen molar-refractivity contribution in [3.05, 3.63) is 22.5 Å². The fraction of sp³-hybridized carbons (Fsp3) is 0.667. The first-order valence-corrected chi connectivity index (χ1v) is 9.94. The lowest BCUT2D eigenvalue weighted by atomic mass is 9.53. The van der Waals surface area contributed by atoms with Crippen LogP contribution in [0.25, 0.3) is 0 Å². The fourth-order valence-corrected chi connectivity index (χ4v) is 6.28. The molecular formula is C21H28N2O4. The molecule has 0 atom stereocenters. The second kappa shape index (κ2) is 6.50. The molecule has 1 amide bonds. The summed E-state index contributed by atoms with van der Waals surface area (Å²) < 4.78 is 5.24. The van der Waals surface area contributed by atoms with Crippen molar-refractivity contribution in [3.63, 3.8) is 0 Å². The van der Waals surface area contributed by atoms with Crippen LogP contribution in [-0.2, 0) is 9.53 Å². The van der Waals surface area contributed by atoms with Gasteiger partial charge >= 0.3 is 5.97 Å². The number of hydrogen-bond donors (Lipinski definition) is 2. The molecule has 6 nitrogen and oxygen atoms in total. The van der Waals surface area contributed by atoms with Crippen molar-refractivity contribution in [2.75, 3.05) is 6.61 Å². The quantitative estimate of drug-likeness (QED) is 0.614. The maximum atomic E-state index is 12.5. The Kier molecular flexibility index (Phi) is 4.40. The van der Waals surface area contributed by atoms with E-state index in [1.54, 1.807) is 13.8 Å². The maximum Gasteiger partial charge on any atom is 0.355 e. The van der Waals surface area contributed by atoms with E-state index in [9.17, 15) is 14.4 Å². The largest absolute Gasteiger partial charge is 0.451 e. The zero-order valence-corrected chi connectivity index (χ0v) is 16.3. The van der Waals surface area contributed by atoms with Gasteiger partial charge in [-0.15, -0.1) is 0 Å². The molecule has 27 heavy (non-hydrogen) atoms. The highest BCUT2D eigenvalue weighted by molar-refractivity contribution is 6.01. The van der Waals surface area contributed by atoms with E-state index in [2.05, 4.69) is 10.3 Å². The molecule has 1 aromatic rings. The lowest BCUT2D eigenvalue weighted by Crippen LogP contribution is -2.60. The Hall–Kier alpha value is -2.11. The van der Waals surface area contributed by atoms with Gasteiger partial charge in [0.05, 0.1) is 0 Å². The average Bonchev–Trinajstić information content (AvgIpc) is 2.85. The third kappa shape index (κ3) is 3.30. The molecule has 5 rings (SSSR count). The minimum absolute atomic E-state index is 0.0843. The summed E-state index contributed by atoms with van der Waals surface area (Å²) in [6, 6.07) is 0. The molecule has 4 fully saturated rings. The highest BCUT2D eigenvalue weighted by Gasteiger charge is 2.51. The first-order chi connectivity index (χ1) is 12.8. The lowest BCUT2D eigenvalue weighted by Gasteiger charge is -2.56. The predicted molar refractivity (Wildman–Crippen MR) is 99.6 cm³/mol. The summed E-state index contributed by atoms with van der Waals surface area (Å²) in [7, 11) is 0. The van der Waals surface area contributed by atoms with Crippen LogP contribution in [0.15, 0.2) is 0 Å². The van der Waals surface area contributed by atoms with Crippen molar-refractivity contribution in [2.24, 2.45) is 17.8 Å². The molecule has 2 N–H and O–H groups in total. The third-order valence-corrected chi connectivity index (χ3v) is 6.77. The summed E-state index contributed by atoms with van der Waals surface area (Å²) in [6.45, 7) is 4.65. The van der Waals surface area contributed by atoms with Crippen LogP contribution in [0, 0.1) is 31.6 Å². The smallest absolute Gasteiger partial charge is 0.355 e. The second-order valence-corrected chi connectivity index (χ2v) is 9.00. The van der Waals surface area contributed by atoms with Crippen LogP contribution in [0.3, 0.4) is 0 Å². The van der Waals surface area contributed by atoms with E-state index >= 15 is 0 Å². The Morgan fingerprint density at radius 2 is 1.63 bits per heavy atom. The number of nitrogens with one attached hydrogen (secondary N) is 2. The third-order valence-electron chi connectivity index (χ3n) is 6.77. The van der Waals surface area contributed by atoms with Gasteiger partial charge in [-0.25, -0.2) is 4.79 Å². The minimum atomic E-state index is -0.594. The average molecular weight is 372 g/mol. The number of aryl methyl sites for hydroxylation is 1. The molecule has 1 heterocycles. The Bertz CT molecular complexity index is 772. The van der Waals surface area contributed by atoms with Crippen molar-refractivity contribution in [1.82, 2.24) is 10.3 Å². The maximum absolute atomic E-state index is 12.5. The number of Topliss-reactive ketones (excluding diaryl/α,β-unsaturated/α-hetero) is 1. The molecule has 0 aromatic carbocycles. The van der Waals surface area contributed by atoms with Crippen molar-refractivity contribution in [1.29, 1.82) is 0 Å². The Morgan fingerprint density at radius 1 is 1.07 bits per heavy atom. The normalized spacial score (nSPS) is 31.0. The molecule has 4 bridgehead atoms. The first-order valence-electron chi connectivity index (χ1n) is 9.94. The minimum Gasteiger partial charge on any atom is -0.451 e. The fourth-order valence-electron chi connectivity index (χ4n) is 6.28. The molecular weight excluding hydrogens is 344 g/mol. The molecule has 146 valence electrons. The SMILES string of the molecule is CC(=O)c1c(C)[nH]c(C(=O)OCC(=O)NC23CC4CC(CC(C4)C2)C3)c1C. The van der Waals surface area contributed by atoms with E-state index in [0.29, 0.717) is 16.8 Å². The predicted octanol–water partition coefficient (Wildman–Crippen LogP) is 3.08. The van der Waals surface area contributed by atoms with Gasteiger partial charge in [-0.2, -0.15) is 0 Å². The van der Waals surface area contributed by atoms with Gasteiger partial charge in [-0.3, -0.25) is 9.59 Å². The van der Waals surface area contributed by atoms with Gasteiger partial charge in [0.15, 0.2) is 12.4 Å². The van der Waals surface area contributed by atoms with Crippen molar-refractivity contribution < 1.29 is 19.1 Å². The molecule has 6 heteroatoms. The van der Waals surface area contributed by atoms with Gasteiger partial charge in [0.25, 0.3) is 5.91 Å². The van der Waals surface area contributed by atoms with Crippen LogP contribution in [0.1, 0.15) is 77.6 Å². The Morgan fingerprint density at radius 3 is 2.11 bits per heavy atom. The summed E-state index contributed by atoms with van der Waals surface area (Å²) in [5, 5.41) is 3.20. The number of ketones is 1. The number of aromatic nitrogens is 1. The van der Waals surface area contributed by atoms with Gasteiger partial charge in [0.1, 0.15) is 5.69 Å². The summed E-state index contributed by atoms with van der Waals surface area (Å²) >= 11 is 0. The van der Waals surface area contributed by atoms with Gasteiger partial charge in [-0.05, 0) is 82.6 Å². The monoisotopic (exact) mass is 372 g/mol. The number of ether oxygens (including phenoxy) is 1. The number of carbonyl (C=O) groups is 3. The van der Waals surface area contributed by atoms with E-state index in [1.165, 1.54) is 26.2 Å². The number of rotatable bonds is 5. The molecule has 0 aliphatic heterocycles. The van der Waals surface area contributed by atoms with Crippen molar-refractivity contribution >= 4 is 17.7 Å². The highest BCUT2D eigenvalue weighted by atomic mass is 16.5. The standard InChI is InChI=1S/C21H28N2O4/c1-11-18(13(3)24)12(2)22-19(11)20(26)27-10-17(25)23-21-7-14-4-15(8-21)6-16(5-14)9-21/h14-16,22H,4-10H2,1-3H3,(H,23,25). The van der Waals surface area contributed by atoms with Crippen LogP contribution in [0.5, 0.6) is 0 Å². The molecule has 0 saturated heterocycles. The topological polar surface area (TPSA) is 88.3 Å². The van der Waals surface area contributed by atoms with E-state index in [1.807, 2.05) is 0 Å². The van der Waals surface area contributed by atoms with Crippen LogP contribution >= 0.6 is 0 Å². The number of esters is 1. The molecule has 4 aliphatic carbocycles. The van der Waals surface area contributed by atoms with Crippen LogP contribution in [-0.4, -0.2) is 34.8 Å². The van der Waals surface area contributed by atoms with E-state index < -0.39 is 5.97 Å². The second-order valence-electron chi connectivity index (χ2n) is 9.00. The van der Waals surface area contributed by atoms with E-state index in [0.717, 1.165) is 37.0 Å². The van der Waals surface area contributed by atoms with E-state index in [-0.39, 0.29) is 29.5 Å². The molecule has 0 radical (unpaired) electrons. The number of amides is 1. The number of H-pyrrole nitrogens is 1. The van der Waals surface area contributed by atoms with Crippen LogP contribution in [0.2, 0.25) is 0 Å². The van der Waals surface area contributed by atoms with Crippen LogP contribution in [0.4, 0.5) is 0 Å². The highest BCUT2D eigenvalue weighted by Crippen LogP contribution is 2.55. The Balaban J connectivity index is 1.37. The van der Waals surface area contributed by atoms with Gasteiger partial charge in [-0.1, -0.05) is 0 Å². The molecule has 0 spiro atoms. The lowest BCUT2D eigenvalue weighted by molar-refractivity contribution is -0.130. The van der Waals surface area contributed by atoms with E-state index in [4.69, 9.17) is 4.74 Å². The first kappa shape index (κ1) is 18.3. The van der Waals surface area contributed by atoms with Crippen molar-refractivity contribution in [3.8, 4) is 0 Å². The zero-order valence-electron chi connectivity index (χ0n) is 16.3. The van der Waals surface area contributed by atoms with Crippen molar-refractivity contribution in [2.45, 2.75) is 64.8 Å². The number of aromatic amines is 1. The molecule has 4 saturated carbocycles. The zero-order chi connectivity index (χ0) is 19.3. The molecule has 0 unspecified atom stereocenters.